The fraction of sp³-hybridized carbons (Fsp3) is 0.400. The number of carbonyl (C=O) groups is 2. The highest BCUT2D eigenvalue weighted by molar-refractivity contribution is 5.98. The monoisotopic (exact) mass is 276 g/mol. The summed E-state index contributed by atoms with van der Waals surface area (Å²) in [7, 11) is 0. The van der Waals surface area contributed by atoms with Crippen LogP contribution in [0.25, 0.3) is 6.08 Å². The first-order valence-electron chi connectivity index (χ1n) is 6.61. The van der Waals surface area contributed by atoms with Crippen molar-refractivity contribution in [3.8, 4) is 0 Å². The maximum Gasteiger partial charge on any atom is 0.328 e. The topological polar surface area (TPSA) is 79.3 Å². The molecule has 1 rings (SSSR count). The van der Waals surface area contributed by atoms with E-state index in [9.17, 15) is 9.59 Å². The van der Waals surface area contributed by atoms with Gasteiger partial charge in [-0.1, -0.05) is 20.8 Å². The van der Waals surface area contributed by atoms with E-state index in [0.29, 0.717) is 17.0 Å². The van der Waals surface area contributed by atoms with E-state index in [0.717, 1.165) is 12.5 Å². The van der Waals surface area contributed by atoms with Crippen molar-refractivity contribution in [1.82, 2.24) is 10.3 Å². The van der Waals surface area contributed by atoms with Crippen molar-refractivity contribution >= 4 is 18.0 Å². The van der Waals surface area contributed by atoms with Gasteiger partial charge in [0.2, 0.25) is 0 Å². The molecule has 0 bridgehead atoms. The van der Waals surface area contributed by atoms with Crippen LogP contribution in [-0.4, -0.2) is 28.0 Å². The number of aliphatic carboxylic acids is 1. The highest BCUT2D eigenvalue weighted by atomic mass is 16.4. The third kappa shape index (κ3) is 4.50. The Morgan fingerprint density at radius 3 is 2.70 bits per heavy atom. The van der Waals surface area contributed by atoms with Crippen molar-refractivity contribution in [3.63, 3.8) is 0 Å². The smallest absolute Gasteiger partial charge is 0.328 e. The number of nitrogens with zero attached hydrogens (tertiary/aromatic N) is 1. The summed E-state index contributed by atoms with van der Waals surface area (Å²) in [6.45, 7) is 6.11. The number of pyridine rings is 1. The van der Waals surface area contributed by atoms with Crippen LogP contribution >= 0.6 is 0 Å². The van der Waals surface area contributed by atoms with Crippen molar-refractivity contribution in [1.29, 1.82) is 0 Å². The molecule has 1 heterocycles. The molecule has 0 aliphatic rings. The Balaban J connectivity index is 2.95. The Morgan fingerprint density at radius 2 is 2.15 bits per heavy atom. The number of amides is 1. The standard InChI is InChI=1S/C15H20N2O3/c1-4-13(10(2)3)17-15(20)12-7-8-16-9-11(12)5-6-14(18)19/h5-10,13H,4H2,1-3H3,(H,17,20)(H,18,19). The molecule has 108 valence electrons. The number of hydrogen-bond donors (Lipinski definition) is 2. The van der Waals surface area contributed by atoms with Gasteiger partial charge in [-0.05, 0) is 24.5 Å². The molecule has 1 unspecified atom stereocenters. The summed E-state index contributed by atoms with van der Waals surface area (Å²) >= 11 is 0. The summed E-state index contributed by atoms with van der Waals surface area (Å²) < 4.78 is 0. The minimum Gasteiger partial charge on any atom is -0.478 e. The van der Waals surface area contributed by atoms with Crippen LogP contribution in [-0.2, 0) is 4.79 Å². The number of rotatable bonds is 6. The maximum absolute atomic E-state index is 12.3. The molecule has 5 heteroatoms. The van der Waals surface area contributed by atoms with Crippen molar-refractivity contribution < 1.29 is 14.7 Å². The molecule has 0 saturated heterocycles. The third-order valence-corrected chi connectivity index (χ3v) is 3.06. The second-order valence-corrected chi connectivity index (χ2v) is 4.87. The Morgan fingerprint density at radius 1 is 1.45 bits per heavy atom. The number of carbonyl (C=O) groups excluding carboxylic acids is 1. The number of nitrogens with one attached hydrogen (secondary N) is 1. The Hall–Kier alpha value is -2.17. The molecule has 0 aliphatic carbocycles. The molecule has 0 radical (unpaired) electrons. The fourth-order valence-electron chi connectivity index (χ4n) is 1.89. The zero-order chi connectivity index (χ0) is 15.1. The number of hydrogen-bond acceptors (Lipinski definition) is 3. The molecule has 1 atom stereocenters. The predicted octanol–water partition coefficient (Wildman–Crippen LogP) is 2.34. The van der Waals surface area contributed by atoms with Crippen LogP contribution in [0.3, 0.4) is 0 Å². The second kappa shape index (κ2) is 7.43. The highest BCUT2D eigenvalue weighted by Crippen LogP contribution is 2.12. The van der Waals surface area contributed by atoms with Gasteiger partial charge in [-0.3, -0.25) is 9.78 Å². The average molecular weight is 276 g/mol. The van der Waals surface area contributed by atoms with Crippen LogP contribution in [0.2, 0.25) is 0 Å². The maximum atomic E-state index is 12.3. The lowest BCUT2D eigenvalue weighted by Crippen LogP contribution is -2.38. The lowest BCUT2D eigenvalue weighted by atomic mass is 10.0. The van der Waals surface area contributed by atoms with Crippen LogP contribution in [0.15, 0.2) is 24.5 Å². The molecule has 0 fully saturated rings. The van der Waals surface area contributed by atoms with Crippen LogP contribution in [0.5, 0.6) is 0 Å². The Labute approximate surface area is 118 Å². The van der Waals surface area contributed by atoms with Gasteiger partial charge >= 0.3 is 5.97 Å². The lowest BCUT2D eigenvalue weighted by Gasteiger charge is -2.21. The molecule has 2 N–H and O–H groups in total. The number of carboxylic acid groups (broad SMARTS) is 1. The van der Waals surface area contributed by atoms with Gasteiger partial charge in [0.15, 0.2) is 0 Å². The van der Waals surface area contributed by atoms with Gasteiger partial charge in [0.25, 0.3) is 5.91 Å². The van der Waals surface area contributed by atoms with Gasteiger partial charge in [0, 0.05) is 35.6 Å². The summed E-state index contributed by atoms with van der Waals surface area (Å²) in [6, 6.07) is 1.68. The van der Waals surface area contributed by atoms with Crippen LogP contribution in [0, 0.1) is 5.92 Å². The lowest BCUT2D eigenvalue weighted by molar-refractivity contribution is -0.131. The largest absolute Gasteiger partial charge is 0.478 e. The normalized spacial score (nSPS) is 12.6. The second-order valence-electron chi connectivity index (χ2n) is 4.87. The molecular formula is C15H20N2O3. The molecule has 0 aromatic carbocycles. The van der Waals surface area contributed by atoms with Gasteiger partial charge in [-0.15, -0.1) is 0 Å². The summed E-state index contributed by atoms with van der Waals surface area (Å²) in [4.78, 5) is 26.7. The zero-order valence-electron chi connectivity index (χ0n) is 12.0. The van der Waals surface area contributed by atoms with E-state index >= 15 is 0 Å². The average Bonchev–Trinajstić information content (AvgIpc) is 2.42. The molecule has 5 nitrogen and oxygen atoms in total. The highest BCUT2D eigenvalue weighted by Gasteiger charge is 2.16. The summed E-state index contributed by atoms with van der Waals surface area (Å²) in [5.41, 5.74) is 0.919. The van der Waals surface area contributed by atoms with Gasteiger partial charge in [-0.25, -0.2) is 4.79 Å². The zero-order valence-corrected chi connectivity index (χ0v) is 12.0. The first kappa shape index (κ1) is 15.9. The molecule has 0 aliphatic heterocycles. The van der Waals surface area contributed by atoms with Gasteiger partial charge in [-0.2, -0.15) is 0 Å². The summed E-state index contributed by atoms with van der Waals surface area (Å²) in [6.07, 6.45) is 6.21. The molecule has 0 saturated carbocycles. The first-order valence-corrected chi connectivity index (χ1v) is 6.61. The summed E-state index contributed by atoms with van der Waals surface area (Å²) in [5, 5.41) is 11.6. The van der Waals surface area contributed by atoms with Crippen LogP contribution in [0.1, 0.15) is 43.1 Å². The quantitative estimate of drug-likeness (QED) is 0.782. The van der Waals surface area contributed by atoms with Crippen molar-refractivity contribution in [2.45, 2.75) is 33.2 Å². The van der Waals surface area contributed by atoms with E-state index in [1.807, 2.05) is 20.8 Å². The SMILES string of the molecule is CCC(NC(=O)c1ccncc1C=CC(=O)O)C(C)C. The molecule has 1 amide bonds. The third-order valence-electron chi connectivity index (χ3n) is 3.06. The van der Waals surface area contributed by atoms with E-state index in [1.54, 1.807) is 6.07 Å². The van der Waals surface area contributed by atoms with E-state index in [2.05, 4.69) is 10.3 Å². The van der Waals surface area contributed by atoms with Crippen molar-refractivity contribution in [2.24, 2.45) is 5.92 Å². The van der Waals surface area contributed by atoms with Crippen molar-refractivity contribution in [3.05, 3.63) is 35.7 Å². The fourth-order valence-corrected chi connectivity index (χ4v) is 1.89. The van der Waals surface area contributed by atoms with E-state index in [4.69, 9.17) is 5.11 Å². The predicted molar refractivity (Wildman–Crippen MR) is 77.3 cm³/mol. The Bertz CT molecular complexity index is 510. The molecule has 1 aromatic heterocycles. The molecular weight excluding hydrogens is 256 g/mol. The molecule has 0 spiro atoms. The van der Waals surface area contributed by atoms with E-state index in [-0.39, 0.29) is 11.9 Å². The first-order chi connectivity index (χ1) is 9.45. The van der Waals surface area contributed by atoms with Gasteiger partial charge < -0.3 is 10.4 Å². The van der Waals surface area contributed by atoms with Gasteiger partial charge in [0.05, 0.1) is 0 Å². The van der Waals surface area contributed by atoms with E-state index < -0.39 is 5.97 Å². The Kier molecular flexibility index (Phi) is 5.90. The molecule has 20 heavy (non-hydrogen) atoms. The summed E-state index contributed by atoms with van der Waals surface area (Å²) in [5.74, 6) is -0.935. The molecule has 1 aromatic rings. The van der Waals surface area contributed by atoms with Crippen LogP contribution in [0.4, 0.5) is 0 Å². The van der Waals surface area contributed by atoms with Crippen molar-refractivity contribution in [2.75, 3.05) is 0 Å². The minimum absolute atomic E-state index is 0.0898. The van der Waals surface area contributed by atoms with Gasteiger partial charge in [0.1, 0.15) is 0 Å². The van der Waals surface area contributed by atoms with E-state index in [1.165, 1.54) is 18.5 Å². The number of carboxylic acids is 1. The van der Waals surface area contributed by atoms with Crippen LogP contribution < -0.4 is 5.32 Å². The minimum atomic E-state index is -1.06. The number of aromatic nitrogens is 1.